The van der Waals surface area contributed by atoms with Crippen molar-refractivity contribution >= 4 is 5.97 Å². The summed E-state index contributed by atoms with van der Waals surface area (Å²) in [6.07, 6.45) is 0. The number of quaternary nitrogens is 1. The molecule has 0 aliphatic rings. The Bertz CT molecular complexity index is 314. The van der Waals surface area contributed by atoms with Crippen LogP contribution in [0, 0.1) is 0 Å². The molecular formula is C12H18NO2+. The minimum absolute atomic E-state index is 0.161. The van der Waals surface area contributed by atoms with E-state index in [9.17, 15) is 4.79 Å². The smallest absolute Gasteiger partial charge is 0.362 e. The number of carbonyl (C=O) groups is 1. The van der Waals surface area contributed by atoms with Gasteiger partial charge < -0.3 is 9.22 Å². The van der Waals surface area contributed by atoms with Gasteiger partial charge in [-0.3, -0.25) is 0 Å². The van der Waals surface area contributed by atoms with Crippen LogP contribution in [0.1, 0.15) is 5.56 Å². The highest BCUT2D eigenvalue weighted by Gasteiger charge is 2.15. The number of nitrogens with zero attached hydrogens (tertiary/aromatic N) is 1. The summed E-state index contributed by atoms with van der Waals surface area (Å²) in [5.74, 6) is -0.161. The fraction of sp³-hybridized carbons (Fsp3) is 0.417. The van der Waals surface area contributed by atoms with Gasteiger partial charge in [0.2, 0.25) is 0 Å². The van der Waals surface area contributed by atoms with E-state index >= 15 is 0 Å². The van der Waals surface area contributed by atoms with Crippen molar-refractivity contribution in [3.8, 4) is 0 Å². The molecule has 1 rings (SSSR count). The minimum atomic E-state index is -0.161. The molecule has 0 aromatic heterocycles. The topological polar surface area (TPSA) is 26.3 Å². The van der Waals surface area contributed by atoms with Crippen LogP contribution in [0.15, 0.2) is 30.3 Å². The van der Waals surface area contributed by atoms with Crippen LogP contribution >= 0.6 is 0 Å². The van der Waals surface area contributed by atoms with Crippen molar-refractivity contribution in [1.82, 2.24) is 0 Å². The number of benzene rings is 1. The van der Waals surface area contributed by atoms with Crippen molar-refractivity contribution in [2.75, 3.05) is 27.7 Å². The van der Waals surface area contributed by atoms with E-state index < -0.39 is 0 Å². The van der Waals surface area contributed by atoms with Crippen molar-refractivity contribution in [3.63, 3.8) is 0 Å². The molecule has 0 bridgehead atoms. The molecule has 0 radical (unpaired) electrons. The molecule has 0 heterocycles. The Hall–Kier alpha value is -1.35. The second-order valence-corrected chi connectivity index (χ2v) is 4.59. The molecular weight excluding hydrogens is 190 g/mol. The molecule has 3 nitrogen and oxygen atoms in total. The first kappa shape index (κ1) is 11.7. The second kappa shape index (κ2) is 4.94. The van der Waals surface area contributed by atoms with Gasteiger partial charge in [-0.05, 0) is 5.56 Å². The molecule has 0 fully saturated rings. The summed E-state index contributed by atoms with van der Waals surface area (Å²) in [6, 6.07) is 9.70. The van der Waals surface area contributed by atoms with Gasteiger partial charge in [0, 0.05) is 0 Å². The first-order valence-corrected chi connectivity index (χ1v) is 4.97. The van der Waals surface area contributed by atoms with Crippen molar-refractivity contribution in [2.24, 2.45) is 0 Å². The van der Waals surface area contributed by atoms with E-state index in [0.717, 1.165) is 5.56 Å². The molecule has 0 saturated heterocycles. The Kier molecular flexibility index (Phi) is 3.86. The van der Waals surface area contributed by atoms with Gasteiger partial charge in [0.05, 0.1) is 21.1 Å². The third kappa shape index (κ3) is 5.18. The molecule has 15 heavy (non-hydrogen) atoms. The van der Waals surface area contributed by atoms with E-state index in [1.54, 1.807) is 0 Å². The number of ether oxygens (including phenoxy) is 1. The molecule has 0 amide bonds. The van der Waals surface area contributed by atoms with E-state index in [0.29, 0.717) is 17.6 Å². The van der Waals surface area contributed by atoms with E-state index in [1.165, 1.54) is 0 Å². The summed E-state index contributed by atoms with van der Waals surface area (Å²) in [6.45, 7) is 0.756. The summed E-state index contributed by atoms with van der Waals surface area (Å²) in [5.41, 5.74) is 1.02. The Balaban J connectivity index is 2.35. The lowest BCUT2D eigenvalue weighted by Crippen LogP contribution is -2.40. The summed E-state index contributed by atoms with van der Waals surface area (Å²) >= 11 is 0. The largest absolute Gasteiger partial charge is 0.457 e. The maximum Gasteiger partial charge on any atom is 0.362 e. The summed E-state index contributed by atoms with van der Waals surface area (Å²) in [5, 5.41) is 0. The molecule has 82 valence electrons. The molecule has 0 unspecified atom stereocenters. The van der Waals surface area contributed by atoms with Gasteiger partial charge in [-0.1, -0.05) is 30.3 Å². The molecule has 0 spiro atoms. The van der Waals surface area contributed by atoms with Crippen LogP contribution in [0.2, 0.25) is 0 Å². The van der Waals surface area contributed by atoms with Crippen molar-refractivity contribution in [2.45, 2.75) is 6.61 Å². The van der Waals surface area contributed by atoms with Gasteiger partial charge in [0.1, 0.15) is 6.61 Å². The van der Waals surface area contributed by atoms with Crippen LogP contribution in [-0.4, -0.2) is 38.1 Å². The second-order valence-electron chi connectivity index (χ2n) is 4.59. The fourth-order valence-corrected chi connectivity index (χ4v) is 1.17. The molecule has 0 aliphatic heterocycles. The maximum absolute atomic E-state index is 11.4. The lowest BCUT2D eigenvalue weighted by Gasteiger charge is -2.22. The molecule has 3 heteroatoms. The quantitative estimate of drug-likeness (QED) is 0.553. The van der Waals surface area contributed by atoms with E-state index in [-0.39, 0.29) is 5.97 Å². The van der Waals surface area contributed by atoms with Gasteiger partial charge in [-0.15, -0.1) is 0 Å². The van der Waals surface area contributed by atoms with Gasteiger partial charge in [0.25, 0.3) is 0 Å². The highest BCUT2D eigenvalue weighted by Crippen LogP contribution is 2.01. The van der Waals surface area contributed by atoms with Gasteiger partial charge in [0.15, 0.2) is 6.54 Å². The average Bonchev–Trinajstić information content (AvgIpc) is 2.14. The Morgan fingerprint density at radius 1 is 1.20 bits per heavy atom. The Morgan fingerprint density at radius 3 is 2.33 bits per heavy atom. The van der Waals surface area contributed by atoms with E-state index in [4.69, 9.17) is 4.74 Å². The SMILES string of the molecule is C[N+](C)(C)CC(=O)OCc1ccccc1. The van der Waals surface area contributed by atoms with Gasteiger partial charge in [-0.2, -0.15) is 0 Å². The van der Waals surface area contributed by atoms with Crippen LogP contribution in [0.25, 0.3) is 0 Å². The summed E-state index contributed by atoms with van der Waals surface area (Å²) in [7, 11) is 5.89. The van der Waals surface area contributed by atoms with Crippen molar-refractivity contribution in [3.05, 3.63) is 35.9 Å². The van der Waals surface area contributed by atoms with Crippen molar-refractivity contribution in [1.29, 1.82) is 0 Å². The summed E-state index contributed by atoms with van der Waals surface area (Å²) < 4.78 is 5.74. The number of hydrogen-bond donors (Lipinski definition) is 0. The fourth-order valence-electron chi connectivity index (χ4n) is 1.17. The van der Waals surface area contributed by atoms with Crippen LogP contribution in [0.3, 0.4) is 0 Å². The van der Waals surface area contributed by atoms with Crippen LogP contribution < -0.4 is 0 Å². The third-order valence-corrected chi connectivity index (χ3v) is 1.85. The highest BCUT2D eigenvalue weighted by atomic mass is 16.5. The zero-order chi connectivity index (χ0) is 11.3. The standard InChI is InChI=1S/C12H18NO2/c1-13(2,3)9-12(14)15-10-11-7-5-4-6-8-11/h4-8H,9-10H2,1-3H3/q+1. The van der Waals surface area contributed by atoms with Gasteiger partial charge in [-0.25, -0.2) is 4.79 Å². The molecule has 1 aromatic rings. The first-order valence-electron chi connectivity index (χ1n) is 4.97. The lowest BCUT2D eigenvalue weighted by molar-refractivity contribution is -0.862. The normalized spacial score (nSPS) is 11.1. The zero-order valence-electron chi connectivity index (χ0n) is 9.56. The molecule has 1 aromatic carbocycles. The number of rotatable bonds is 4. The zero-order valence-corrected chi connectivity index (χ0v) is 9.56. The Morgan fingerprint density at radius 2 is 1.80 bits per heavy atom. The third-order valence-electron chi connectivity index (χ3n) is 1.85. The van der Waals surface area contributed by atoms with Crippen molar-refractivity contribution < 1.29 is 14.0 Å². The summed E-state index contributed by atoms with van der Waals surface area (Å²) in [4.78, 5) is 11.4. The van der Waals surface area contributed by atoms with E-state index in [1.807, 2.05) is 51.5 Å². The minimum Gasteiger partial charge on any atom is -0.457 e. The molecule has 0 aliphatic carbocycles. The number of likely N-dealkylation sites (N-methyl/N-ethyl adjacent to an activating group) is 1. The number of hydrogen-bond acceptors (Lipinski definition) is 2. The van der Waals surface area contributed by atoms with Crippen LogP contribution in [-0.2, 0) is 16.1 Å². The number of esters is 1. The van der Waals surface area contributed by atoms with Crippen LogP contribution in [0.4, 0.5) is 0 Å². The predicted octanol–water partition coefficient (Wildman–Crippen LogP) is 1.44. The average molecular weight is 208 g/mol. The molecule has 0 N–H and O–H groups in total. The van der Waals surface area contributed by atoms with Crippen LogP contribution in [0.5, 0.6) is 0 Å². The van der Waals surface area contributed by atoms with Gasteiger partial charge >= 0.3 is 5.97 Å². The van der Waals surface area contributed by atoms with E-state index in [2.05, 4.69) is 0 Å². The highest BCUT2D eigenvalue weighted by molar-refractivity contribution is 5.70. The predicted molar refractivity (Wildman–Crippen MR) is 59.1 cm³/mol. The first-order chi connectivity index (χ1) is 6.97. The monoisotopic (exact) mass is 208 g/mol. The maximum atomic E-state index is 11.4. The lowest BCUT2D eigenvalue weighted by atomic mass is 10.2. The Labute approximate surface area is 90.9 Å². The molecule has 0 atom stereocenters. The number of carbonyl (C=O) groups excluding carboxylic acids is 1. The molecule has 0 saturated carbocycles.